The number of carbonyl (C=O) groups excluding carboxylic acids is 1. The first-order valence-electron chi connectivity index (χ1n) is 6.08. The molecule has 1 amide bonds. The van der Waals surface area contributed by atoms with Gasteiger partial charge in [0.05, 0.1) is 0 Å². The van der Waals surface area contributed by atoms with Gasteiger partial charge in [-0.2, -0.15) is 0 Å². The van der Waals surface area contributed by atoms with Crippen molar-refractivity contribution in [3.8, 4) is 11.1 Å². The lowest BCUT2D eigenvalue weighted by Gasteiger charge is -2.12. The second-order valence-electron chi connectivity index (χ2n) is 4.48. The molecule has 0 saturated carbocycles. The van der Waals surface area contributed by atoms with E-state index in [1.165, 1.54) is 10.5 Å². The maximum atomic E-state index is 12.0. The largest absolute Gasteiger partial charge is 0.345 e. The molecule has 0 bridgehead atoms. The van der Waals surface area contributed by atoms with Gasteiger partial charge in [-0.1, -0.05) is 30.3 Å². The van der Waals surface area contributed by atoms with Crippen molar-refractivity contribution in [2.24, 2.45) is 0 Å². The van der Waals surface area contributed by atoms with Gasteiger partial charge in [-0.3, -0.25) is 4.79 Å². The first-order valence-corrected chi connectivity index (χ1v) is 7.31. The van der Waals surface area contributed by atoms with E-state index in [0.717, 1.165) is 11.1 Å². The summed E-state index contributed by atoms with van der Waals surface area (Å²) in [5, 5.41) is 0. The number of hydrogen-bond donors (Lipinski definition) is 0. The molecule has 19 heavy (non-hydrogen) atoms. The fourth-order valence-corrected chi connectivity index (χ4v) is 2.58. The summed E-state index contributed by atoms with van der Waals surface area (Å²) in [7, 11) is 3.54. The molecule has 0 heterocycles. The van der Waals surface area contributed by atoms with Gasteiger partial charge in [-0.15, -0.1) is 11.8 Å². The Morgan fingerprint density at radius 1 is 1.05 bits per heavy atom. The first-order chi connectivity index (χ1) is 9.13. The zero-order valence-corrected chi connectivity index (χ0v) is 12.2. The molecule has 2 nitrogen and oxygen atoms in total. The van der Waals surface area contributed by atoms with Gasteiger partial charge < -0.3 is 4.90 Å². The number of benzene rings is 2. The summed E-state index contributed by atoms with van der Waals surface area (Å²) in [4.78, 5) is 14.8. The molecule has 2 rings (SSSR count). The van der Waals surface area contributed by atoms with E-state index in [0.29, 0.717) is 0 Å². The van der Waals surface area contributed by atoms with Gasteiger partial charge in [0.2, 0.25) is 0 Å². The number of rotatable bonds is 3. The molecule has 0 radical (unpaired) electrons. The van der Waals surface area contributed by atoms with Crippen LogP contribution in [0.2, 0.25) is 0 Å². The average molecular weight is 271 g/mol. The number of nitrogens with zero attached hydrogens (tertiary/aromatic N) is 1. The number of carbonyl (C=O) groups is 1. The molecule has 0 N–H and O–H groups in total. The average Bonchev–Trinajstić information content (AvgIpc) is 2.46. The van der Waals surface area contributed by atoms with Gasteiger partial charge in [-0.05, 0) is 35.6 Å². The highest BCUT2D eigenvalue weighted by molar-refractivity contribution is 7.98. The van der Waals surface area contributed by atoms with Crippen molar-refractivity contribution in [3.63, 3.8) is 0 Å². The summed E-state index contributed by atoms with van der Waals surface area (Å²) >= 11 is 1.72. The van der Waals surface area contributed by atoms with E-state index in [1.807, 2.05) is 36.4 Å². The second kappa shape index (κ2) is 5.93. The SMILES string of the molecule is CSc1ccccc1-c1cccc(C(=O)N(C)C)c1. The third-order valence-corrected chi connectivity index (χ3v) is 3.73. The fourth-order valence-electron chi connectivity index (χ4n) is 1.96. The Morgan fingerprint density at radius 3 is 2.47 bits per heavy atom. The molecule has 0 fully saturated rings. The van der Waals surface area contributed by atoms with E-state index in [2.05, 4.69) is 18.4 Å². The fraction of sp³-hybridized carbons (Fsp3) is 0.188. The molecule has 98 valence electrons. The van der Waals surface area contributed by atoms with E-state index in [1.54, 1.807) is 30.8 Å². The molecule has 2 aromatic carbocycles. The molecule has 2 aromatic rings. The second-order valence-corrected chi connectivity index (χ2v) is 5.33. The molecule has 0 aliphatic rings. The van der Waals surface area contributed by atoms with Gasteiger partial charge in [0, 0.05) is 24.6 Å². The Labute approximate surface area is 118 Å². The summed E-state index contributed by atoms with van der Waals surface area (Å²) in [6.45, 7) is 0. The summed E-state index contributed by atoms with van der Waals surface area (Å²) in [6, 6.07) is 16.0. The standard InChI is InChI=1S/C16H17NOS/c1-17(2)16(18)13-8-6-7-12(11-13)14-9-4-5-10-15(14)19-3/h4-11H,1-3H3. The molecule has 0 saturated heterocycles. The van der Waals surface area contributed by atoms with E-state index in [4.69, 9.17) is 0 Å². The molecular weight excluding hydrogens is 254 g/mol. The van der Waals surface area contributed by atoms with E-state index in [9.17, 15) is 4.79 Å². The smallest absolute Gasteiger partial charge is 0.253 e. The van der Waals surface area contributed by atoms with Crippen LogP contribution in [0.3, 0.4) is 0 Å². The third-order valence-electron chi connectivity index (χ3n) is 2.93. The van der Waals surface area contributed by atoms with Crippen LogP contribution in [-0.4, -0.2) is 31.2 Å². The number of thioether (sulfide) groups is 1. The highest BCUT2D eigenvalue weighted by atomic mass is 32.2. The Bertz CT molecular complexity index is 593. The van der Waals surface area contributed by atoms with Crippen molar-refractivity contribution in [1.82, 2.24) is 4.90 Å². The summed E-state index contributed by atoms with van der Waals surface area (Å²) < 4.78 is 0. The molecule has 3 heteroatoms. The van der Waals surface area contributed by atoms with Gasteiger partial charge in [-0.25, -0.2) is 0 Å². The van der Waals surface area contributed by atoms with Crippen LogP contribution in [0.25, 0.3) is 11.1 Å². The highest BCUT2D eigenvalue weighted by Crippen LogP contribution is 2.30. The molecule has 0 aromatic heterocycles. The Kier molecular flexibility index (Phi) is 4.27. The molecule has 0 aliphatic heterocycles. The lowest BCUT2D eigenvalue weighted by Crippen LogP contribution is -2.21. The summed E-state index contributed by atoms with van der Waals surface area (Å²) in [5.74, 6) is 0.0310. The topological polar surface area (TPSA) is 20.3 Å². The minimum Gasteiger partial charge on any atom is -0.345 e. The van der Waals surface area contributed by atoms with Crippen LogP contribution in [-0.2, 0) is 0 Å². The van der Waals surface area contributed by atoms with Crippen molar-refractivity contribution < 1.29 is 4.79 Å². The van der Waals surface area contributed by atoms with Crippen molar-refractivity contribution in [2.75, 3.05) is 20.4 Å². The maximum Gasteiger partial charge on any atom is 0.253 e. The molecule has 0 atom stereocenters. The zero-order valence-electron chi connectivity index (χ0n) is 11.4. The zero-order chi connectivity index (χ0) is 13.8. The van der Waals surface area contributed by atoms with Crippen molar-refractivity contribution in [2.45, 2.75) is 4.90 Å². The van der Waals surface area contributed by atoms with Gasteiger partial charge in [0.1, 0.15) is 0 Å². The van der Waals surface area contributed by atoms with E-state index >= 15 is 0 Å². The van der Waals surface area contributed by atoms with Crippen LogP contribution < -0.4 is 0 Å². The van der Waals surface area contributed by atoms with Gasteiger partial charge in [0.15, 0.2) is 0 Å². The van der Waals surface area contributed by atoms with Crippen LogP contribution in [0, 0.1) is 0 Å². The Hall–Kier alpha value is -1.74. The van der Waals surface area contributed by atoms with Crippen molar-refractivity contribution >= 4 is 17.7 Å². The van der Waals surface area contributed by atoms with E-state index < -0.39 is 0 Å². The van der Waals surface area contributed by atoms with Crippen LogP contribution in [0.15, 0.2) is 53.4 Å². The minimum atomic E-state index is 0.0310. The van der Waals surface area contributed by atoms with Crippen molar-refractivity contribution in [3.05, 3.63) is 54.1 Å². The van der Waals surface area contributed by atoms with Gasteiger partial charge >= 0.3 is 0 Å². The molecule has 0 aliphatic carbocycles. The first kappa shape index (κ1) is 13.7. The van der Waals surface area contributed by atoms with Crippen molar-refractivity contribution in [1.29, 1.82) is 0 Å². The minimum absolute atomic E-state index is 0.0310. The predicted molar refractivity (Wildman–Crippen MR) is 81.7 cm³/mol. The lowest BCUT2D eigenvalue weighted by molar-refractivity contribution is 0.0827. The Morgan fingerprint density at radius 2 is 1.79 bits per heavy atom. The quantitative estimate of drug-likeness (QED) is 0.792. The highest BCUT2D eigenvalue weighted by Gasteiger charge is 2.10. The van der Waals surface area contributed by atoms with Gasteiger partial charge in [0.25, 0.3) is 5.91 Å². The van der Waals surface area contributed by atoms with E-state index in [-0.39, 0.29) is 5.91 Å². The lowest BCUT2D eigenvalue weighted by atomic mass is 10.0. The van der Waals surface area contributed by atoms with Crippen LogP contribution in [0.5, 0.6) is 0 Å². The number of hydrogen-bond acceptors (Lipinski definition) is 2. The predicted octanol–water partition coefficient (Wildman–Crippen LogP) is 3.78. The third kappa shape index (κ3) is 2.99. The summed E-state index contributed by atoms with van der Waals surface area (Å²) in [6.07, 6.45) is 2.06. The molecule has 0 spiro atoms. The molecular formula is C16H17NOS. The number of amides is 1. The molecule has 0 unspecified atom stereocenters. The summed E-state index contributed by atoms with van der Waals surface area (Å²) in [5.41, 5.74) is 2.97. The van der Waals surface area contributed by atoms with Crippen LogP contribution >= 0.6 is 11.8 Å². The Balaban J connectivity index is 2.46. The van der Waals surface area contributed by atoms with Crippen LogP contribution in [0.4, 0.5) is 0 Å². The monoisotopic (exact) mass is 271 g/mol. The normalized spacial score (nSPS) is 10.3. The van der Waals surface area contributed by atoms with Crippen LogP contribution in [0.1, 0.15) is 10.4 Å². The maximum absolute atomic E-state index is 12.0.